The number of carboxylic acid groups (broad SMARTS) is 1. The highest BCUT2D eigenvalue weighted by Crippen LogP contribution is 2.23. The fourth-order valence-corrected chi connectivity index (χ4v) is 1.49. The molecule has 0 saturated heterocycles. The molecule has 2 rings (SSSR count). The number of carbonyl (C=O) groups is 1. The molecule has 0 unspecified atom stereocenters. The molecule has 0 saturated carbocycles. The maximum atomic E-state index is 10.6. The Morgan fingerprint density at radius 1 is 1.50 bits per heavy atom. The van der Waals surface area contributed by atoms with Crippen molar-refractivity contribution in [1.82, 2.24) is 10.9 Å². The molecule has 64 valence electrons. The average molecular weight is 166 g/mol. The van der Waals surface area contributed by atoms with Crippen LogP contribution in [0.4, 0.5) is 0 Å². The molecular formula is C8H10N2O2. The predicted octanol–water partition coefficient (Wildman–Crippen LogP) is 0.153. The highest BCUT2D eigenvalue weighted by Gasteiger charge is 2.20. The van der Waals surface area contributed by atoms with Crippen LogP contribution >= 0.6 is 0 Å². The van der Waals surface area contributed by atoms with Crippen LogP contribution in [-0.4, -0.2) is 17.6 Å². The van der Waals surface area contributed by atoms with Gasteiger partial charge in [-0.2, -0.15) is 0 Å². The highest BCUT2D eigenvalue weighted by molar-refractivity contribution is 5.87. The van der Waals surface area contributed by atoms with Crippen LogP contribution < -0.4 is 10.9 Å². The summed E-state index contributed by atoms with van der Waals surface area (Å²) in [5, 5.41) is 8.72. The van der Waals surface area contributed by atoms with Gasteiger partial charge in [0.05, 0.1) is 0 Å². The topological polar surface area (TPSA) is 61.4 Å². The number of rotatable bonds is 1. The number of hydrazine groups is 1. The summed E-state index contributed by atoms with van der Waals surface area (Å²) in [6, 6.07) is 0. The van der Waals surface area contributed by atoms with Crippen molar-refractivity contribution in [2.75, 3.05) is 6.54 Å². The molecule has 0 atom stereocenters. The van der Waals surface area contributed by atoms with E-state index in [1.165, 1.54) is 5.57 Å². The van der Waals surface area contributed by atoms with Gasteiger partial charge in [-0.1, -0.05) is 0 Å². The van der Waals surface area contributed by atoms with E-state index in [1.807, 2.05) is 0 Å². The lowest BCUT2D eigenvalue weighted by atomic mass is 9.97. The van der Waals surface area contributed by atoms with Gasteiger partial charge in [-0.3, -0.25) is 0 Å². The van der Waals surface area contributed by atoms with E-state index in [1.54, 1.807) is 6.08 Å². The molecule has 0 spiro atoms. The summed E-state index contributed by atoms with van der Waals surface area (Å²) in [4.78, 5) is 10.6. The van der Waals surface area contributed by atoms with E-state index in [-0.39, 0.29) is 0 Å². The molecule has 0 amide bonds. The van der Waals surface area contributed by atoms with Crippen molar-refractivity contribution in [2.45, 2.75) is 12.8 Å². The van der Waals surface area contributed by atoms with Crippen LogP contribution in [0.5, 0.6) is 0 Å². The summed E-state index contributed by atoms with van der Waals surface area (Å²) in [6.45, 7) is 0.832. The van der Waals surface area contributed by atoms with Gasteiger partial charge in [-0.15, -0.1) is 0 Å². The summed E-state index contributed by atoms with van der Waals surface area (Å²) >= 11 is 0. The normalized spacial score (nSPS) is 21.5. The second-order valence-corrected chi connectivity index (χ2v) is 2.97. The molecule has 4 heteroatoms. The molecule has 0 bridgehead atoms. The molecule has 1 aliphatic heterocycles. The predicted molar refractivity (Wildman–Crippen MR) is 43.1 cm³/mol. The summed E-state index contributed by atoms with van der Waals surface area (Å²) in [7, 11) is 0. The van der Waals surface area contributed by atoms with Crippen LogP contribution in [0.1, 0.15) is 12.8 Å². The summed E-state index contributed by atoms with van der Waals surface area (Å²) in [5.41, 5.74) is 8.61. The first-order valence-electron chi connectivity index (χ1n) is 3.92. The summed E-state index contributed by atoms with van der Waals surface area (Å²) in [5.74, 6) is -0.810. The van der Waals surface area contributed by atoms with Crippen molar-refractivity contribution in [1.29, 1.82) is 0 Å². The molecule has 1 heterocycles. The second-order valence-electron chi connectivity index (χ2n) is 2.97. The van der Waals surface area contributed by atoms with Crippen LogP contribution in [-0.2, 0) is 4.79 Å². The Morgan fingerprint density at radius 3 is 3.08 bits per heavy atom. The summed E-state index contributed by atoms with van der Waals surface area (Å²) < 4.78 is 0. The zero-order valence-electron chi connectivity index (χ0n) is 6.55. The molecule has 0 aromatic carbocycles. The largest absolute Gasteiger partial charge is 0.478 e. The second kappa shape index (κ2) is 2.64. The van der Waals surface area contributed by atoms with E-state index >= 15 is 0 Å². The number of hydrogen-bond donors (Lipinski definition) is 3. The van der Waals surface area contributed by atoms with E-state index in [0.717, 1.165) is 18.7 Å². The fourth-order valence-electron chi connectivity index (χ4n) is 1.49. The van der Waals surface area contributed by atoms with Crippen molar-refractivity contribution < 1.29 is 9.90 Å². The first-order valence-corrected chi connectivity index (χ1v) is 3.92. The van der Waals surface area contributed by atoms with Crippen molar-refractivity contribution >= 4 is 5.97 Å². The first-order chi connectivity index (χ1) is 5.77. The molecule has 0 aromatic heterocycles. The van der Waals surface area contributed by atoms with E-state index in [2.05, 4.69) is 10.9 Å². The van der Waals surface area contributed by atoms with Gasteiger partial charge in [-0.25, -0.2) is 10.2 Å². The van der Waals surface area contributed by atoms with Gasteiger partial charge < -0.3 is 10.5 Å². The molecule has 2 aliphatic rings. The van der Waals surface area contributed by atoms with Crippen molar-refractivity contribution in [3.05, 3.63) is 22.9 Å². The quantitative estimate of drug-likeness (QED) is 0.519. The molecule has 0 fully saturated rings. The zero-order chi connectivity index (χ0) is 8.55. The van der Waals surface area contributed by atoms with Crippen LogP contribution in [0, 0.1) is 0 Å². The van der Waals surface area contributed by atoms with Gasteiger partial charge >= 0.3 is 5.97 Å². The third-order valence-corrected chi connectivity index (χ3v) is 2.20. The third kappa shape index (κ3) is 1.10. The molecule has 0 radical (unpaired) electrons. The molecule has 3 N–H and O–H groups in total. The Kier molecular flexibility index (Phi) is 1.62. The summed E-state index contributed by atoms with van der Waals surface area (Å²) in [6.07, 6.45) is 3.21. The molecular weight excluding hydrogens is 156 g/mol. The number of aliphatic carboxylic acids is 1. The Balaban J connectivity index is 2.26. The first kappa shape index (κ1) is 7.36. The molecule has 12 heavy (non-hydrogen) atoms. The number of allylic oxidation sites excluding steroid dienone is 1. The maximum absolute atomic E-state index is 10.6. The van der Waals surface area contributed by atoms with Gasteiger partial charge in [0, 0.05) is 17.8 Å². The molecule has 0 aromatic rings. The van der Waals surface area contributed by atoms with Crippen molar-refractivity contribution in [3.8, 4) is 0 Å². The minimum absolute atomic E-state index is 0.491. The Hall–Kier alpha value is -1.29. The highest BCUT2D eigenvalue weighted by atomic mass is 16.4. The van der Waals surface area contributed by atoms with E-state index in [9.17, 15) is 4.79 Å². The van der Waals surface area contributed by atoms with E-state index in [4.69, 9.17) is 5.11 Å². The van der Waals surface area contributed by atoms with Gasteiger partial charge in [0.2, 0.25) is 0 Å². The van der Waals surface area contributed by atoms with Gasteiger partial charge in [0.1, 0.15) is 0 Å². The van der Waals surface area contributed by atoms with Crippen LogP contribution in [0.15, 0.2) is 22.9 Å². The molecule has 1 aliphatic carbocycles. The van der Waals surface area contributed by atoms with Gasteiger partial charge in [0.15, 0.2) is 0 Å². The number of hydrogen-bond acceptors (Lipinski definition) is 3. The minimum atomic E-state index is -0.810. The Labute approximate surface area is 69.9 Å². The smallest absolute Gasteiger partial charge is 0.331 e. The zero-order valence-corrected chi connectivity index (χ0v) is 6.55. The number of nitrogens with one attached hydrogen (secondary N) is 2. The lowest BCUT2D eigenvalue weighted by molar-refractivity contribution is -0.132. The molecule has 4 nitrogen and oxygen atoms in total. The van der Waals surface area contributed by atoms with E-state index < -0.39 is 5.97 Å². The number of carboxylic acids is 1. The standard InChI is InChI=1S/C8H10N2O2/c11-8(12)5-1-2-6-4-9-10-7(6)3-5/h3,9-10H,1-2,4H2,(H,11,12). The van der Waals surface area contributed by atoms with Crippen LogP contribution in [0.25, 0.3) is 0 Å². The van der Waals surface area contributed by atoms with Crippen LogP contribution in [0.3, 0.4) is 0 Å². The van der Waals surface area contributed by atoms with Crippen molar-refractivity contribution in [3.63, 3.8) is 0 Å². The maximum Gasteiger partial charge on any atom is 0.331 e. The third-order valence-electron chi connectivity index (χ3n) is 2.20. The lowest BCUT2D eigenvalue weighted by Crippen LogP contribution is -2.23. The van der Waals surface area contributed by atoms with Crippen LogP contribution in [0.2, 0.25) is 0 Å². The Morgan fingerprint density at radius 2 is 2.33 bits per heavy atom. The van der Waals surface area contributed by atoms with E-state index in [0.29, 0.717) is 12.0 Å². The SMILES string of the molecule is O=C(O)C1=CC2=C(CC1)CNN2. The van der Waals surface area contributed by atoms with Gasteiger partial charge in [0.25, 0.3) is 0 Å². The minimum Gasteiger partial charge on any atom is -0.478 e. The van der Waals surface area contributed by atoms with Crippen molar-refractivity contribution in [2.24, 2.45) is 0 Å². The Bertz CT molecular complexity index is 291. The monoisotopic (exact) mass is 166 g/mol. The average Bonchev–Trinajstić information content (AvgIpc) is 2.49. The fraction of sp³-hybridized carbons (Fsp3) is 0.375. The lowest BCUT2D eigenvalue weighted by Gasteiger charge is -2.10. The van der Waals surface area contributed by atoms with Gasteiger partial charge in [-0.05, 0) is 24.5 Å².